The number of carbonyl (C=O) groups is 2. The van der Waals surface area contributed by atoms with Gasteiger partial charge in [-0.1, -0.05) is 72.8 Å². The minimum atomic E-state index is -0.673. The van der Waals surface area contributed by atoms with Crippen molar-refractivity contribution in [3.05, 3.63) is 83.9 Å². The van der Waals surface area contributed by atoms with Crippen LogP contribution in [0.2, 0.25) is 0 Å². The lowest BCUT2D eigenvalue weighted by molar-refractivity contribution is -0.120. The van der Waals surface area contributed by atoms with E-state index in [9.17, 15) is 14.0 Å². The molecular weight excluding hydrogens is 347 g/mol. The van der Waals surface area contributed by atoms with E-state index in [0.29, 0.717) is 6.42 Å². The highest BCUT2D eigenvalue weighted by atomic mass is 19.1. The van der Waals surface area contributed by atoms with Crippen LogP contribution in [-0.2, 0) is 22.6 Å². The summed E-state index contributed by atoms with van der Waals surface area (Å²) in [5.41, 5.74) is 1.87. The molecule has 2 aromatic rings. The molecule has 0 aliphatic rings. The monoisotopic (exact) mass is 370 g/mol. The molecule has 0 spiro atoms. The van der Waals surface area contributed by atoms with Crippen molar-refractivity contribution in [1.29, 1.82) is 0 Å². The van der Waals surface area contributed by atoms with Gasteiger partial charge in [-0.2, -0.15) is 0 Å². The number of amides is 2. The lowest BCUT2D eigenvalue weighted by Crippen LogP contribution is -2.42. The molecule has 5 nitrogen and oxygen atoms in total. The maximum atomic E-state index is 12.4. The second-order valence-electron chi connectivity index (χ2n) is 5.86. The Hall–Kier alpha value is -3.15. The van der Waals surface area contributed by atoms with E-state index < -0.39 is 12.8 Å². The average Bonchev–Trinajstić information content (AvgIpc) is 2.70. The van der Waals surface area contributed by atoms with Gasteiger partial charge in [-0.05, 0) is 17.5 Å². The van der Waals surface area contributed by atoms with E-state index in [1.54, 1.807) is 6.08 Å². The summed E-state index contributed by atoms with van der Waals surface area (Å²) in [4.78, 5) is 23.8. The van der Waals surface area contributed by atoms with Crippen molar-refractivity contribution in [2.24, 2.45) is 0 Å². The molecule has 2 rings (SSSR count). The first-order chi connectivity index (χ1) is 13.2. The molecule has 0 aliphatic carbocycles. The zero-order valence-corrected chi connectivity index (χ0v) is 14.9. The van der Waals surface area contributed by atoms with Crippen LogP contribution >= 0.6 is 0 Å². The third-order valence-corrected chi connectivity index (χ3v) is 3.71. The van der Waals surface area contributed by atoms with Crippen molar-refractivity contribution in [2.45, 2.75) is 19.1 Å². The number of alkyl halides is 1. The van der Waals surface area contributed by atoms with Crippen LogP contribution in [0, 0.1) is 0 Å². The molecule has 2 N–H and O–H groups in total. The molecule has 27 heavy (non-hydrogen) atoms. The molecule has 1 atom stereocenters. The zero-order valence-electron chi connectivity index (χ0n) is 14.9. The second kappa shape index (κ2) is 11.5. The number of allylic oxidation sites excluding steroid dienone is 1. The third-order valence-electron chi connectivity index (χ3n) is 3.71. The number of benzene rings is 2. The molecule has 142 valence electrons. The summed E-state index contributed by atoms with van der Waals surface area (Å²) in [5.74, 6) is -0.379. The smallest absolute Gasteiger partial charge is 0.407 e. The Morgan fingerprint density at radius 1 is 1.00 bits per heavy atom. The summed E-state index contributed by atoms with van der Waals surface area (Å²) < 4.78 is 17.5. The van der Waals surface area contributed by atoms with Gasteiger partial charge in [0, 0.05) is 0 Å². The fourth-order valence-corrected chi connectivity index (χ4v) is 2.44. The maximum Gasteiger partial charge on any atom is 0.407 e. The van der Waals surface area contributed by atoms with Gasteiger partial charge in [0.25, 0.3) is 0 Å². The van der Waals surface area contributed by atoms with Crippen molar-refractivity contribution in [2.75, 3.05) is 13.2 Å². The summed E-state index contributed by atoms with van der Waals surface area (Å²) in [6.07, 6.45) is 2.82. The van der Waals surface area contributed by atoms with E-state index in [0.717, 1.165) is 11.1 Å². The van der Waals surface area contributed by atoms with Crippen LogP contribution in [0.5, 0.6) is 0 Å². The summed E-state index contributed by atoms with van der Waals surface area (Å²) in [7, 11) is 0. The number of hydrogen-bond acceptors (Lipinski definition) is 3. The molecular formula is C21H23FN2O3. The van der Waals surface area contributed by atoms with Crippen LogP contribution in [0.1, 0.15) is 11.1 Å². The average molecular weight is 370 g/mol. The molecule has 2 aromatic carbocycles. The largest absolute Gasteiger partial charge is 0.445 e. The van der Waals surface area contributed by atoms with E-state index >= 15 is 0 Å². The summed E-state index contributed by atoms with van der Waals surface area (Å²) in [6, 6.07) is 18.5. The third kappa shape index (κ3) is 8.18. The van der Waals surface area contributed by atoms with Gasteiger partial charge >= 0.3 is 6.09 Å². The quantitative estimate of drug-likeness (QED) is 0.666. The van der Waals surface area contributed by atoms with Gasteiger partial charge in [0.15, 0.2) is 0 Å². The first-order valence-corrected chi connectivity index (χ1v) is 8.68. The van der Waals surface area contributed by atoms with Gasteiger partial charge in [-0.25, -0.2) is 9.18 Å². The normalized spacial score (nSPS) is 11.7. The Morgan fingerprint density at radius 3 is 2.26 bits per heavy atom. The maximum absolute atomic E-state index is 12.4. The minimum absolute atomic E-state index is 0.129. The fourth-order valence-electron chi connectivity index (χ4n) is 2.44. The zero-order chi connectivity index (χ0) is 19.3. The van der Waals surface area contributed by atoms with Gasteiger partial charge < -0.3 is 15.4 Å². The van der Waals surface area contributed by atoms with Crippen LogP contribution in [0.4, 0.5) is 9.18 Å². The first kappa shape index (κ1) is 20.2. The number of alkyl carbamates (subject to hydrolysis) is 1. The second-order valence-corrected chi connectivity index (χ2v) is 5.86. The predicted molar refractivity (Wildman–Crippen MR) is 102 cm³/mol. The van der Waals surface area contributed by atoms with Crippen molar-refractivity contribution in [3.63, 3.8) is 0 Å². The number of ether oxygens (including phenoxy) is 1. The molecule has 6 heteroatoms. The molecule has 0 aliphatic heterocycles. The van der Waals surface area contributed by atoms with Crippen LogP contribution < -0.4 is 10.6 Å². The van der Waals surface area contributed by atoms with Crippen molar-refractivity contribution in [1.82, 2.24) is 10.6 Å². The Labute approximate surface area is 158 Å². The number of halogens is 1. The van der Waals surface area contributed by atoms with Crippen molar-refractivity contribution < 1.29 is 18.7 Å². The summed E-state index contributed by atoms with van der Waals surface area (Å²) in [6.45, 7) is -0.697. The fraction of sp³-hybridized carbons (Fsp3) is 0.238. The SMILES string of the molecule is O=C(CNC(=O)OCc1ccccc1)N[C@H](/C=C/CF)Cc1ccccc1. The highest BCUT2D eigenvalue weighted by Crippen LogP contribution is 2.04. The van der Waals surface area contributed by atoms with E-state index in [1.165, 1.54) is 6.08 Å². The van der Waals surface area contributed by atoms with E-state index in [1.807, 2.05) is 60.7 Å². The van der Waals surface area contributed by atoms with Gasteiger partial charge in [-0.15, -0.1) is 0 Å². The van der Waals surface area contributed by atoms with Gasteiger partial charge in [0.05, 0.1) is 6.04 Å². The molecule has 0 fully saturated rings. The van der Waals surface area contributed by atoms with Gasteiger partial charge in [-0.3, -0.25) is 4.79 Å². The molecule has 0 radical (unpaired) electrons. The van der Waals surface area contributed by atoms with E-state index in [-0.39, 0.29) is 25.1 Å². The number of hydrogen-bond donors (Lipinski definition) is 2. The summed E-state index contributed by atoms with van der Waals surface area (Å²) in [5, 5.41) is 5.17. The van der Waals surface area contributed by atoms with Gasteiger partial charge in [0.1, 0.15) is 19.8 Å². The van der Waals surface area contributed by atoms with E-state index in [2.05, 4.69) is 10.6 Å². The molecule has 0 saturated heterocycles. The Bertz CT molecular complexity index is 736. The summed E-state index contributed by atoms with van der Waals surface area (Å²) >= 11 is 0. The first-order valence-electron chi connectivity index (χ1n) is 8.68. The molecule has 2 amide bonds. The topological polar surface area (TPSA) is 67.4 Å². The van der Waals surface area contributed by atoms with Crippen LogP contribution in [0.15, 0.2) is 72.8 Å². The standard InChI is InChI=1S/C21H23FN2O3/c22-13-7-12-19(14-17-8-3-1-4-9-17)24-20(25)15-23-21(26)27-16-18-10-5-2-6-11-18/h1-12,19H,13-16H2,(H,23,26)(H,24,25)/b12-7+/t19-/m1/s1. The van der Waals surface area contributed by atoms with Gasteiger partial charge in [0.2, 0.25) is 5.91 Å². The molecule has 0 heterocycles. The highest BCUT2D eigenvalue weighted by Gasteiger charge is 2.12. The van der Waals surface area contributed by atoms with E-state index in [4.69, 9.17) is 4.74 Å². The van der Waals surface area contributed by atoms with Crippen LogP contribution in [0.25, 0.3) is 0 Å². The number of nitrogens with one attached hydrogen (secondary N) is 2. The van der Waals surface area contributed by atoms with Crippen LogP contribution in [-0.4, -0.2) is 31.3 Å². The Balaban J connectivity index is 1.77. The Morgan fingerprint density at radius 2 is 1.63 bits per heavy atom. The highest BCUT2D eigenvalue weighted by molar-refractivity contribution is 5.82. The molecule has 0 aromatic heterocycles. The van der Waals surface area contributed by atoms with Crippen LogP contribution in [0.3, 0.4) is 0 Å². The number of carbonyl (C=O) groups excluding carboxylic acids is 2. The predicted octanol–water partition coefficient (Wildman–Crippen LogP) is 3.17. The molecule has 0 saturated carbocycles. The molecule has 0 bridgehead atoms. The lowest BCUT2D eigenvalue weighted by atomic mass is 10.1. The van der Waals surface area contributed by atoms with Crippen molar-refractivity contribution in [3.8, 4) is 0 Å². The Kier molecular flexibility index (Phi) is 8.56. The number of rotatable bonds is 9. The van der Waals surface area contributed by atoms with Crippen molar-refractivity contribution >= 4 is 12.0 Å². The minimum Gasteiger partial charge on any atom is -0.445 e. The lowest BCUT2D eigenvalue weighted by Gasteiger charge is -2.16. The molecule has 0 unspecified atom stereocenters.